The average molecular weight is 707 g/mol. The maximum Gasteiger partial charge on any atom is 0.416 e. The molecule has 1 aliphatic heterocycles. The number of anilines is 2. The molecule has 1 fully saturated rings. The van der Waals surface area contributed by atoms with E-state index in [-0.39, 0.29) is 29.2 Å². The van der Waals surface area contributed by atoms with Crippen molar-refractivity contribution in [2.24, 2.45) is 0 Å². The number of hydrogen-bond acceptors (Lipinski definition) is 7. The summed E-state index contributed by atoms with van der Waals surface area (Å²) in [5, 5.41) is 9.86. The van der Waals surface area contributed by atoms with Crippen molar-refractivity contribution >= 4 is 23.1 Å². The molecule has 0 atom stereocenters. The first kappa shape index (κ1) is 35.4. The fourth-order valence-corrected chi connectivity index (χ4v) is 5.65. The molecular formula is C36H32F6N8O. The van der Waals surface area contributed by atoms with Gasteiger partial charge in [-0.2, -0.15) is 31.4 Å². The number of alkyl halides is 6. The molecule has 0 radical (unpaired) electrons. The Hall–Kier alpha value is -5.46. The van der Waals surface area contributed by atoms with E-state index in [4.69, 9.17) is 0 Å². The Labute approximate surface area is 289 Å². The highest BCUT2D eigenvalue weighted by molar-refractivity contribution is 6.04. The molecule has 1 saturated heterocycles. The summed E-state index contributed by atoms with van der Waals surface area (Å²) in [5.74, 6) is 5.72. The number of piperazine rings is 1. The number of rotatable bonds is 8. The molecule has 264 valence electrons. The van der Waals surface area contributed by atoms with E-state index in [0.717, 1.165) is 30.0 Å². The van der Waals surface area contributed by atoms with Crippen LogP contribution in [0.25, 0.3) is 5.65 Å². The van der Waals surface area contributed by atoms with Gasteiger partial charge in [0, 0.05) is 75.0 Å². The van der Waals surface area contributed by atoms with Gasteiger partial charge in [-0.3, -0.25) is 9.69 Å². The average Bonchev–Trinajstić information content (AvgIpc) is 3.53. The summed E-state index contributed by atoms with van der Waals surface area (Å²) in [6.45, 7) is 4.78. The number of aryl methyl sites for hydroxylation is 1. The first-order valence-corrected chi connectivity index (χ1v) is 16.0. The lowest BCUT2D eigenvalue weighted by Gasteiger charge is -2.35. The number of carbonyl (C=O) groups is 1. The van der Waals surface area contributed by atoms with Crippen LogP contribution in [0.15, 0.2) is 79.3 Å². The van der Waals surface area contributed by atoms with Crippen molar-refractivity contribution in [2.75, 3.05) is 49.5 Å². The van der Waals surface area contributed by atoms with Crippen molar-refractivity contribution < 1.29 is 31.1 Å². The predicted octanol–water partition coefficient (Wildman–Crippen LogP) is 6.03. The van der Waals surface area contributed by atoms with E-state index in [1.165, 1.54) is 12.1 Å². The molecule has 0 spiro atoms. The number of amides is 1. The Morgan fingerprint density at radius 1 is 0.882 bits per heavy atom. The summed E-state index contributed by atoms with van der Waals surface area (Å²) >= 11 is 0. The second kappa shape index (κ2) is 14.8. The van der Waals surface area contributed by atoms with Crippen molar-refractivity contribution in [1.82, 2.24) is 29.8 Å². The molecule has 3 aromatic heterocycles. The zero-order chi connectivity index (χ0) is 36.2. The van der Waals surface area contributed by atoms with Crippen molar-refractivity contribution in [3.05, 3.63) is 118 Å². The zero-order valence-corrected chi connectivity index (χ0v) is 27.3. The van der Waals surface area contributed by atoms with E-state index in [1.807, 2.05) is 6.92 Å². The first-order chi connectivity index (χ1) is 24.3. The highest BCUT2D eigenvalue weighted by Crippen LogP contribution is 2.34. The van der Waals surface area contributed by atoms with Crippen LogP contribution < -0.4 is 15.5 Å². The molecule has 0 saturated carbocycles. The molecule has 0 aliphatic carbocycles. The van der Waals surface area contributed by atoms with Gasteiger partial charge in [-0.15, -0.1) is 0 Å². The van der Waals surface area contributed by atoms with Crippen LogP contribution in [-0.4, -0.2) is 69.7 Å². The van der Waals surface area contributed by atoms with Crippen LogP contribution in [0.3, 0.4) is 0 Å². The lowest BCUT2D eigenvalue weighted by atomic mass is 10.0. The Balaban J connectivity index is 1.04. The number of fused-ring (bicyclic) bond motifs is 1. The van der Waals surface area contributed by atoms with Gasteiger partial charge in [-0.1, -0.05) is 18.1 Å². The SMILES string of the molecule is Cc1ccc(C(=O)Nc2ccc(CNCCN3CCN(c4cc(C(F)(F)F)ccn4)CC3)c(C(F)(F)F)c2)cc1C#Cc1cnc2cccnn12. The molecule has 2 aromatic carbocycles. The van der Waals surface area contributed by atoms with Crippen LogP contribution in [0.5, 0.6) is 0 Å². The molecule has 6 rings (SSSR count). The molecule has 0 unspecified atom stereocenters. The maximum atomic E-state index is 14.1. The van der Waals surface area contributed by atoms with E-state index in [9.17, 15) is 31.1 Å². The molecule has 1 amide bonds. The fraction of sp³-hybridized carbons (Fsp3) is 0.278. The van der Waals surface area contributed by atoms with Crippen LogP contribution >= 0.6 is 0 Å². The van der Waals surface area contributed by atoms with Gasteiger partial charge in [0.1, 0.15) is 11.5 Å². The highest BCUT2D eigenvalue weighted by Gasteiger charge is 2.34. The Morgan fingerprint density at radius 2 is 1.69 bits per heavy atom. The van der Waals surface area contributed by atoms with E-state index >= 15 is 0 Å². The second-order valence-electron chi connectivity index (χ2n) is 11.9. The lowest BCUT2D eigenvalue weighted by molar-refractivity contribution is -0.138. The largest absolute Gasteiger partial charge is 0.416 e. The maximum absolute atomic E-state index is 14.1. The Bertz CT molecular complexity index is 2090. The number of nitrogens with zero attached hydrogens (tertiary/aromatic N) is 6. The molecule has 15 heteroatoms. The number of imidazole rings is 1. The smallest absolute Gasteiger partial charge is 0.354 e. The topological polar surface area (TPSA) is 90.7 Å². The van der Waals surface area contributed by atoms with Gasteiger partial charge in [0.05, 0.1) is 17.3 Å². The van der Waals surface area contributed by atoms with Crippen LogP contribution in [0.2, 0.25) is 0 Å². The fourth-order valence-electron chi connectivity index (χ4n) is 5.65. The van der Waals surface area contributed by atoms with Crippen molar-refractivity contribution in [3.63, 3.8) is 0 Å². The minimum Gasteiger partial charge on any atom is -0.354 e. The second-order valence-corrected chi connectivity index (χ2v) is 11.9. The van der Waals surface area contributed by atoms with Crippen molar-refractivity contribution in [2.45, 2.75) is 25.8 Å². The third-order valence-corrected chi connectivity index (χ3v) is 8.47. The predicted molar refractivity (Wildman–Crippen MR) is 179 cm³/mol. The van der Waals surface area contributed by atoms with Gasteiger partial charge in [0.15, 0.2) is 5.65 Å². The molecule has 51 heavy (non-hydrogen) atoms. The Morgan fingerprint density at radius 3 is 2.45 bits per heavy atom. The van der Waals surface area contributed by atoms with E-state index in [0.29, 0.717) is 56.2 Å². The standard InChI is InChI=1S/C36H32F6N8O/c1-24-4-5-26(19-25(24)7-9-30-23-45-32-3-2-11-46-50(30)32)34(51)47-29-8-6-27(31(21-29)36(40,41)42)22-43-13-14-48-15-17-49(18-16-48)33-20-28(10-12-44-33)35(37,38)39/h2-6,8,10-12,19-21,23,43H,13-18,22H2,1H3,(H,47,51). The molecule has 0 bridgehead atoms. The Kier molecular flexibility index (Phi) is 10.3. The summed E-state index contributed by atoms with van der Waals surface area (Å²) in [7, 11) is 0. The minimum absolute atomic E-state index is 0.00535. The summed E-state index contributed by atoms with van der Waals surface area (Å²) in [5.41, 5.74) is 1.20. The molecule has 9 nitrogen and oxygen atoms in total. The molecule has 4 heterocycles. The van der Waals surface area contributed by atoms with Gasteiger partial charge in [-0.25, -0.2) is 14.5 Å². The zero-order valence-electron chi connectivity index (χ0n) is 27.3. The summed E-state index contributed by atoms with van der Waals surface area (Å²) in [6.07, 6.45) is -4.77. The minimum atomic E-state index is -4.66. The van der Waals surface area contributed by atoms with Crippen molar-refractivity contribution in [1.29, 1.82) is 0 Å². The molecule has 1 aliphatic rings. The lowest BCUT2D eigenvalue weighted by Crippen LogP contribution is -2.48. The summed E-state index contributed by atoms with van der Waals surface area (Å²) < 4.78 is 83.1. The van der Waals surface area contributed by atoms with Gasteiger partial charge in [0.25, 0.3) is 5.91 Å². The van der Waals surface area contributed by atoms with E-state index in [2.05, 4.69) is 42.4 Å². The van der Waals surface area contributed by atoms with Crippen LogP contribution in [0.1, 0.15) is 43.9 Å². The molecule has 2 N–H and O–H groups in total. The van der Waals surface area contributed by atoms with Gasteiger partial charge in [-0.05, 0) is 72.5 Å². The van der Waals surface area contributed by atoms with Crippen LogP contribution in [0, 0.1) is 18.8 Å². The van der Waals surface area contributed by atoms with Crippen LogP contribution in [0.4, 0.5) is 37.8 Å². The van der Waals surface area contributed by atoms with E-state index in [1.54, 1.807) is 52.1 Å². The number of nitrogens with one attached hydrogen (secondary N) is 2. The highest BCUT2D eigenvalue weighted by atomic mass is 19.4. The number of aromatic nitrogens is 4. The third kappa shape index (κ3) is 8.65. The first-order valence-electron chi connectivity index (χ1n) is 16.0. The monoisotopic (exact) mass is 706 g/mol. The normalized spacial score (nSPS) is 14.0. The molecule has 5 aromatic rings. The quantitative estimate of drug-likeness (QED) is 0.116. The number of pyridine rings is 1. The number of hydrogen-bond donors (Lipinski definition) is 2. The molecular weight excluding hydrogens is 674 g/mol. The van der Waals surface area contributed by atoms with E-state index < -0.39 is 29.4 Å². The van der Waals surface area contributed by atoms with Gasteiger partial charge in [0.2, 0.25) is 0 Å². The summed E-state index contributed by atoms with van der Waals surface area (Å²) in [6, 6.07) is 14.1. The number of carbonyl (C=O) groups excluding carboxylic acids is 1. The van der Waals surface area contributed by atoms with Gasteiger partial charge < -0.3 is 15.5 Å². The van der Waals surface area contributed by atoms with Gasteiger partial charge >= 0.3 is 12.4 Å². The van der Waals surface area contributed by atoms with Crippen LogP contribution in [-0.2, 0) is 18.9 Å². The number of benzene rings is 2. The summed E-state index contributed by atoms with van der Waals surface area (Å²) in [4.78, 5) is 25.3. The van der Waals surface area contributed by atoms with Crippen molar-refractivity contribution in [3.8, 4) is 11.8 Å². The third-order valence-electron chi connectivity index (χ3n) is 8.47. The number of halogens is 6.